The highest BCUT2D eigenvalue weighted by molar-refractivity contribution is 6.51. The van der Waals surface area contributed by atoms with Crippen molar-refractivity contribution < 1.29 is 0 Å². The largest absolute Gasteiger partial charge is 0.125 e. The standard InChI is InChI=1S/C9H7Cl2/c10-9(11)6-8(9)7-4-2-1-3-5-7/h2-5,8H,6H2. The van der Waals surface area contributed by atoms with E-state index in [4.69, 9.17) is 23.2 Å². The summed E-state index contributed by atoms with van der Waals surface area (Å²) in [5, 5.41) is 0. The number of hydrogen-bond acceptors (Lipinski definition) is 0. The van der Waals surface area contributed by atoms with Crippen LogP contribution < -0.4 is 0 Å². The van der Waals surface area contributed by atoms with Crippen LogP contribution in [0.15, 0.2) is 24.3 Å². The maximum atomic E-state index is 5.90. The van der Waals surface area contributed by atoms with Crippen LogP contribution in [0.1, 0.15) is 17.9 Å². The Kier molecular flexibility index (Phi) is 1.62. The molecule has 1 fully saturated rings. The maximum absolute atomic E-state index is 5.90. The van der Waals surface area contributed by atoms with Crippen LogP contribution in [-0.4, -0.2) is 4.33 Å². The Morgan fingerprint density at radius 2 is 1.91 bits per heavy atom. The van der Waals surface area contributed by atoms with Crippen LogP contribution >= 0.6 is 23.2 Å². The SMILES string of the molecule is ClC1(Cl)CC1c1cc[c]cc1. The third-order valence-electron chi connectivity index (χ3n) is 1.97. The molecule has 0 spiro atoms. The lowest BCUT2D eigenvalue weighted by Crippen LogP contribution is -1.88. The first kappa shape index (κ1) is 7.45. The molecule has 1 radical (unpaired) electrons. The number of rotatable bonds is 1. The molecule has 1 saturated carbocycles. The van der Waals surface area contributed by atoms with Gasteiger partial charge < -0.3 is 0 Å². The third kappa shape index (κ3) is 1.38. The molecular weight excluding hydrogens is 179 g/mol. The lowest BCUT2D eigenvalue weighted by molar-refractivity contribution is 1.11. The highest BCUT2D eigenvalue weighted by atomic mass is 35.5. The molecule has 57 valence electrons. The van der Waals surface area contributed by atoms with Crippen molar-refractivity contribution in [2.24, 2.45) is 0 Å². The smallest absolute Gasteiger partial charge is 0.101 e. The summed E-state index contributed by atoms with van der Waals surface area (Å²) in [5.41, 5.74) is 1.22. The number of benzene rings is 1. The average Bonchev–Trinajstić information content (AvgIpc) is 2.62. The van der Waals surface area contributed by atoms with Crippen molar-refractivity contribution in [2.45, 2.75) is 16.7 Å². The number of halogens is 2. The molecule has 0 saturated heterocycles. The van der Waals surface area contributed by atoms with Gasteiger partial charge >= 0.3 is 0 Å². The van der Waals surface area contributed by atoms with Gasteiger partial charge in [-0.15, -0.1) is 23.2 Å². The van der Waals surface area contributed by atoms with E-state index in [1.165, 1.54) is 5.56 Å². The van der Waals surface area contributed by atoms with Crippen molar-refractivity contribution in [1.82, 2.24) is 0 Å². The van der Waals surface area contributed by atoms with Gasteiger partial charge in [-0.2, -0.15) is 0 Å². The Hall–Kier alpha value is -0.200. The third-order valence-corrected chi connectivity index (χ3v) is 2.81. The summed E-state index contributed by atoms with van der Waals surface area (Å²) < 4.78 is -0.499. The van der Waals surface area contributed by atoms with Crippen molar-refractivity contribution >= 4 is 23.2 Å². The average molecular weight is 186 g/mol. The van der Waals surface area contributed by atoms with Crippen LogP contribution in [0, 0.1) is 6.07 Å². The molecule has 0 heterocycles. The Bertz CT molecular complexity index is 254. The molecule has 1 unspecified atom stereocenters. The minimum atomic E-state index is -0.499. The van der Waals surface area contributed by atoms with E-state index >= 15 is 0 Å². The van der Waals surface area contributed by atoms with E-state index in [1.54, 1.807) is 0 Å². The zero-order valence-electron chi connectivity index (χ0n) is 5.85. The second-order valence-electron chi connectivity index (χ2n) is 2.85. The van der Waals surface area contributed by atoms with Crippen molar-refractivity contribution in [2.75, 3.05) is 0 Å². The van der Waals surface area contributed by atoms with Crippen molar-refractivity contribution in [1.29, 1.82) is 0 Å². The van der Waals surface area contributed by atoms with E-state index in [0.29, 0.717) is 5.92 Å². The molecule has 1 aliphatic rings. The highest BCUT2D eigenvalue weighted by Crippen LogP contribution is 2.59. The van der Waals surface area contributed by atoms with Crippen LogP contribution in [-0.2, 0) is 0 Å². The van der Waals surface area contributed by atoms with Crippen molar-refractivity contribution in [3.05, 3.63) is 35.9 Å². The van der Waals surface area contributed by atoms with Gasteiger partial charge in [0.1, 0.15) is 4.33 Å². The summed E-state index contributed by atoms with van der Waals surface area (Å²) in [6.45, 7) is 0. The van der Waals surface area contributed by atoms with Gasteiger partial charge in [0.2, 0.25) is 0 Å². The topological polar surface area (TPSA) is 0 Å². The number of alkyl halides is 2. The molecule has 2 heteroatoms. The second kappa shape index (κ2) is 2.40. The Labute approximate surface area is 76.1 Å². The van der Waals surface area contributed by atoms with Gasteiger partial charge in [-0.05, 0) is 18.1 Å². The van der Waals surface area contributed by atoms with Crippen LogP contribution in [0.25, 0.3) is 0 Å². The van der Waals surface area contributed by atoms with E-state index in [2.05, 4.69) is 6.07 Å². The van der Waals surface area contributed by atoms with Gasteiger partial charge in [0.15, 0.2) is 0 Å². The van der Waals surface area contributed by atoms with Crippen LogP contribution in [0.2, 0.25) is 0 Å². The molecule has 0 aliphatic heterocycles. The molecule has 0 aromatic heterocycles. The molecule has 0 amide bonds. The zero-order valence-corrected chi connectivity index (χ0v) is 7.36. The van der Waals surface area contributed by atoms with Gasteiger partial charge in [-0.1, -0.05) is 24.3 Å². The monoisotopic (exact) mass is 185 g/mol. The minimum Gasteiger partial charge on any atom is -0.101 e. The van der Waals surface area contributed by atoms with Crippen molar-refractivity contribution in [3.8, 4) is 0 Å². The minimum absolute atomic E-state index is 0.334. The predicted octanol–water partition coefficient (Wildman–Crippen LogP) is 3.15. The van der Waals surface area contributed by atoms with Crippen LogP contribution in [0.3, 0.4) is 0 Å². The molecule has 0 N–H and O–H groups in total. The maximum Gasteiger partial charge on any atom is 0.125 e. The highest BCUT2D eigenvalue weighted by Gasteiger charge is 2.52. The Morgan fingerprint density at radius 3 is 2.36 bits per heavy atom. The van der Waals surface area contributed by atoms with Gasteiger partial charge in [0, 0.05) is 5.92 Å². The quantitative estimate of drug-likeness (QED) is 0.591. The Morgan fingerprint density at radius 1 is 1.36 bits per heavy atom. The van der Waals surface area contributed by atoms with E-state index in [-0.39, 0.29) is 0 Å². The molecule has 0 bridgehead atoms. The van der Waals surface area contributed by atoms with Crippen LogP contribution in [0.4, 0.5) is 0 Å². The first-order chi connectivity index (χ1) is 5.20. The summed E-state index contributed by atoms with van der Waals surface area (Å²) in [7, 11) is 0. The molecular formula is C9H7Cl2. The molecule has 2 rings (SSSR count). The first-order valence-corrected chi connectivity index (χ1v) is 4.29. The summed E-state index contributed by atoms with van der Waals surface area (Å²) in [4.78, 5) is 0. The Balaban J connectivity index is 2.21. The fourth-order valence-electron chi connectivity index (χ4n) is 1.21. The fourth-order valence-corrected chi connectivity index (χ4v) is 1.77. The van der Waals surface area contributed by atoms with Gasteiger partial charge in [0.05, 0.1) is 0 Å². The normalized spacial score (nSPS) is 26.5. The molecule has 1 atom stereocenters. The number of hydrogen-bond donors (Lipinski definition) is 0. The van der Waals surface area contributed by atoms with Gasteiger partial charge in [0.25, 0.3) is 0 Å². The predicted molar refractivity (Wildman–Crippen MR) is 47.1 cm³/mol. The first-order valence-electron chi connectivity index (χ1n) is 3.54. The lowest BCUT2D eigenvalue weighted by Gasteiger charge is -1.98. The van der Waals surface area contributed by atoms with Gasteiger partial charge in [-0.3, -0.25) is 0 Å². The molecule has 1 aromatic carbocycles. The molecule has 1 aromatic rings. The lowest BCUT2D eigenvalue weighted by atomic mass is 10.1. The summed E-state index contributed by atoms with van der Waals surface area (Å²) >= 11 is 11.8. The van der Waals surface area contributed by atoms with E-state index in [9.17, 15) is 0 Å². The summed E-state index contributed by atoms with van der Waals surface area (Å²) in [5.74, 6) is 0.334. The van der Waals surface area contributed by atoms with Gasteiger partial charge in [-0.25, -0.2) is 0 Å². The van der Waals surface area contributed by atoms with Crippen molar-refractivity contribution in [3.63, 3.8) is 0 Å². The van der Waals surface area contributed by atoms with E-state index < -0.39 is 4.33 Å². The van der Waals surface area contributed by atoms with E-state index in [0.717, 1.165) is 6.42 Å². The molecule has 1 aliphatic carbocycles. The molecule has 0 nitrogen and oxygen atoms in total. The van der Waals surface area contributed by atoms with E-state index in [1.807, 2.05) is 24.3 Å². The summed E-state index contributed by atoms with van der Waals surface area (Å²) in [6.07, 6.45) is 0.875. The second-order valence-corrected chi connectivity index (χ2v) is 4.39. The summed E-state index contributed by atoms with van der Waals surface area (Å²) in [6, 6.07) is 10.8. The zero-order chi connectivity index (χ0) is 7.90. The molecule has 11 heavy (non-hydrogen) atoms. The van der Waals surface area contributed by atoms with Crippen LogP contribution in [0.5, 0.6) is 0 Å². The fraction of sp³-hybridized carbons (Fsp3) is 0.333.